The third kappa shape index (κ3) is 11.2. The minimum Gasteiger partial charge on any atom is -0.450 e. The number of nitrogens with two attached hydrogens (primary N) is 2. The van der Waals surface area contributed by atoms with E-state index >= 15 is 0 Å². The van der Waals surface area contributed by atoms with E-state index in [4.69, 9.17) is 16.2 Å². The van der Waals surface area contributed by atoms with Crippen molar-refractivity contribution in [1.82, 2.24) is 0 Å². The van der Waals surface area contributed by atoms with Crippen molar-refractivity contribution in [1.29, 1.82) is 0 Å². The zero-order valence-corrected chi connectivity index (χ0v) is 7.99. The van der Waals surface area contributed by atoms with Gasteiger partial charge in [0.2, 0.25) is 0 Å². The van der Waals surface area contributed by atoms with Crippen molar-refractivity contribution in [2.75, 3.05) is 19.8 Å². The standard InChI is InChI=1S/C8H18N2O3/c1-7(9)6-12-4-2-3-5-13-8(10)11/h7H,2-6,9H2,1H3,(H2,10,11). The first-order valence-corrected chi connectivity index (χ1v) is 4.38. The highest BCUT2D eigenvalue weighted by Crippen LogP contribution is 1.91. The Morgan fingerprint density at radius 2 is 2.00 bits per heavy atom. The summed E-state index contributed by atoms with van der Waals surface area (Å²) in [5.74, 6) is 0. The Labute approximate surface area is 78.4 Å². The maximum Gasteiger partial charge on any atom is 0.404 e. The Hall–Kier alpha value is -0.810. The molecule has 0 bridgehead atoms. The molecule has 4 N–H and O–H groups in total. The van der Waals surface area contributed by atoms with Crippen LogP contribution in [0.25, 0.3) is 0 Å². The summed E-state index contributed by atoms with van der Waals surface area (Å²) in [4.78, 5) is 10.1. The van der Waals surface area contributed by atoms with Gasteiger partial charge in [-0.15, -0.1) is 0 Å². The number of hydrogen-bond acceptors (Lipinski definition) is 4. The van der Waals surface area contributed by atoms with Crippen LogP contribution in [0.4, 0.5) is 4.79 Å². The molecule has 0 rings (SSSR count). The lowest BCUT2D eigenvalue weighted by atomic mass is 10.3. The molecule has 0 aromatic rings. The van der Waals surface area contributed by atoms with Gasteiger partial charge in [-0.3, -0.25) is 0 Å². The van der Waals surface area contributed by atoms with Crippen LogP contribution in [0.5, 0.6) is 0 Å². The second kappa shape index (κ2) is 7.82. The molecule has 78 valence electrons. The second-order valence-corrected chi connectivity index (χ2v) is 2.93. The number of carbonyl (C=O) groups excluding carboxylic acids is 1. The summed E-state index contributed by atoms with van der Waals surface area (Å²) >= 11 is 0. The summed E-state index contributed by atoms with van der Waals surface area (Å²) in [7, 11) is 0. The van der Waals surface area contributed by atoms with E-state index in [0.29, 0.717) is 19.8 Å². The van der Waals surface area contributed by atoms with Crippen molar-refractivity contribution < 1.29 is 14.3 Å². The molecular formula is C8H18N2O3. The number of ether oxygens (including phenoxy) is 2. The van der Waals surface area contributed by atoms with Gasteiger partial charge < -0.3 is 20.9 Å². The van der Waals surface area contributed by atoms with E-state index in [0.717, 1.165) is 12.8 Å². The highest BCUT2D eigenvalue weighted by atomic mass is 16.5. The summed E-state index contributed by atoms with van der Waals surface area (Å²) in [5, 5.41) is 0. The molecule has 13 heavy (non-hydrogen) atoms. The van der Waals surface area contributed by atoms with Crippen LogP contribution in [0.3, 0.4) is 0 Å². The molecule has 0 aromatic heterocycles. The van der Waals surface area contributed by atoms with Crippen molar-refractivity contribution in [3.8, 4) is 0 Å². The van der Waals surface area contributed by atoms with E-state index in [1.165, 1.54) is 0 Å². The Kier molecular flexibility index (Phi) is 7.33. The Morgan fingerprint density at radius 1 is 1.38 bits per heavy atom. The van der Waals surface area contributed by atoms with E-state index in [1.807, 2.05) is 6.92 Å². The highest BCUT2D eigenvalue weighted by molar-refractivity contribution is 5.64. The van der Waals surface area contributed by atoms with Crippen molar-refractivity contribution in [2.24, 2.45) is 11.5 Å². The van der Waals surface area contributed by atoms with Gasteiger partial charge in [0.1, 0.15) is 0 Å². The molecule has 1 atom stereocenters. The molecule has 0 spiro atoms. The number of carbonyl (C=O) groups is 1. The summed E-state index contributed by atoms with van der Waals surface area (Å²) in [5.41, 5.74) is 10.2. The third-order valence-electron chi connectivity index (χ3n) is 1.31. The van der Waals surface area contributed by atoms with Crippen LogP contribution < -0.4 is 11.5 Å². The number of amides is 1. The van der Waals surface area contributed by atoms with Crippen LogP contribution in [-0.2, 0) is 9.47 Å². The zero-order chi connectivity index (χ0) is 10.1. The van der Waals surface area contributed by atoms with Gasteiger partial charge in [0.05, 0.1) is 13.2 Å². The fourth-order valence-corrected chi connectivity index (χ4v) is 0.748. The molecule has 0 aliphatic rings. The Balaban J connectivity index is 2.96. The number of rotatable bonds is 7. The highest BCUT2D eigenvalue weighted by Gasteiger charge is 1.95. The maximum absolute atomic E-state index is 10.1. The predicted molar refractivity (Wildman–Crippen MR) is 49.2 cm³/mol. The van der Waals surface area contributed by atoms with Crippen LogP contribution in [0.2, 0.25) is 0 Å². The average molecular weight is 190 g/mol. The molecule has 0 heterocycles. The lowest BCUT2D eigenvalue weighted by Crippen LogP contribution is -2.22. The van der Waals surface area contributed by atoms with Crippen molar-refractivity contribution in [3.05, 3.63) is 0 Å². The molecule has 1 unspecified atom stereocenters. The summed E-state index contributed by atoms with van der Waals surface area (Å²) in [6, 6.07) is 0.0712. The van der Waals surface area contributed by atoms with Gasteiger partial charge in [0.25, 0.3) is 0 Å². The van der Waals surface area contributed by atoms with E-state index in [2.05, 4.69) is 4.74 Å². The number of unbranched alkanes of at least 4 members (excludes halogenated alkanes) is 1. The molecule has 0 fully saturated rings. The molecular weight excluding hydrogens is 172 g/mol. The Morgan fingerprint density at radius 3 is 2.54 bits per heavy atom. The smallest absolute Gasteiger partial charge is 0.404 e. The first-order chi connectivity index (χ1) is 6.13. The van der Waals surface area contributed by atoms with Crippen LogP contribution in [-0.4, -0.2) is 32.0 Å². The van der Waals surface area contributed by atoms with E-state index in [1.54, 1.807) is 0 Å². The zero-order valence-electron chi connectivity index (χ0n) is 7.99. The van der Waals surface area contributed by atoms with Gasteiger partial charge in [0.15, 0.2) is 0 Å². The first-order valence-electron chi connectivity index (χ1n) is 4.38. The molecule has 5 heteroatoms. The van der Waals surface area contributed by atoms with Gasteiger partial charge in [0, 0.05) is 12.6 Å². The summed E-state index contributed by atoms with van der Waals surface area (Å²) in [6.07, 6.45) is 0.888. The SMILES string of the molecule is CC(N)COCCCCOC(N)=O. The molecule has 0 saturated carbocycles. The molecule has 5 nitrogen and oxygen atoms in total. The maximum atomic E-state index is 10.1. The average Bonchev–Trinajstić information content (AvgIpc) is 2.01. The molecule has 0 aliphatic heterocycles. The molecule has 0 aromatic carbocycles. The summed E-state index contributed by atoms with van der Waals surface area (Å²) < 4.78 is 9.73. The molecule has 0 aliphatic carbocycles. The number of primary amides is 1. The third-order valence-corrected chi connectivity index (χ3v) is 1.31. The van der Waals surface area contributed by atoms with Crippen LogP contribution in [0.15, 0.2) is 0 Å². The largest absolute Gasteiger partial charge is 0.450 e. The van der Waals surface area contributed by atoms with E-state index in [-0.39, 0.29) is 6.04 Å². The van der Waals surface area contributed by atoms with Crippen molar-refractivity contribution in [3.63, 3.8) is 0 Å². The van der Waals surface area contributed by atoms with Gasteiger partial charge in [-0.05, 0) is 19.8 Å². The second-order valence-electron chi connectivity index (χ2n) is 2.93. The summed E-state index contributed by atoms with van der Waals surface area (Å²) in [6.45, 7) is 3.45. The van der Waals surface area contributed by atoms with Gasteiger partial charge >= 0.3 is 6.09 Å². The van der Waals surface area contributed by atoms with Gasteiger partial charge in [-0.1, -0.05) is 0 Å². The topological polar surface area (TPSA) is 87.6 Å². The minimum absolute atomic E-state index is 0.0712. The van der Waals surface area contributed by atoms with Crippen molar-refractivity contribution in [2.45, 2.75) is 25.8 Å². The van der Waals surface area contributed by atoms with Crippen LogP contribution >= 0.6 is 0 Å². The fourth-order valence-electron chi connectivity index (χ4n) is 0.748. The predicted octanol–water partition coefficient (Wildman–Crippen LogP) is 0.226. The molecule has 1 amide bonds. The lowest BCUT2D eigenvalue weighted by Gasteiger charge is -2.06. The normalized spacial score (nSPS) is 12.5. The lowest BCUT2D eigenvalue weighted by molar-refractivity contribution is 0.111. The van der Waals surface area contributed by atoms with Gasteiger partial charge in [-0.2, -0.15) is 0 Å². The fraction of sp³-hybridized carbons (Fsp3) is 0.875. The molecule has 0 radical (unpaired) electrons. The van der Waals surface area contributed by atoms with Gasteiger partial charge in [-0.25, -0.2) is 4.79 Å². The van der Waals surface area contributed by atoms with Crippen molar-refractivity contribution >= 4 is 6.09 Å². The Bertz CT molecular complexity index is 139. The molecule has 0 saturated heterocycles. The number of hydrogen-bond donors (Lipinski definition) is 2. The quantitative estimate of drug-likeness (QED) is 0.562. The van der Waals surface area contributed by atoms with Crippen LogP contribution in [0.1, 0.15) is 19.8 Å². The van der Waals surface area contributed by atoms with E-state index < -0.39 is 6.09 Å². The van der Waals surface area contributed by atoms with Crippen LogP contribution in [0, 0.1) is 0 Å². The monoisotopic (exact) mass is 190 g/mol. The first kappa shape index (κ1) is 12.2. The van der Waals surface area contributed by atoms with E-state index in [9.17, 15) is 4.79 Å². The minimum atomic E-state index is -0.725.